The van der Waals surface area contributed by atoms with Gasteiger partial charge in [-0.25, -0.2) is 0 Å². The maximum Gasteiger partial charge on any atom is 0.0863 e. The molecule has 0 aromatic carbocycles. The monoisotopic (exact) mass is 221 g/mol. The summed E-state index contributed by atoms with van der Waals surface area (Å²) in [6, 6.07) is 2.46. The Bertz CT molecular complexity index is 311. The van der Waals surface area contributed by atoms with E-state index in [1.54, 1.807) is 0 Å². The van der Waals surface area contributed by atoms with Gasteiger partial charge in [0.2, 0.25) is 0 Å². The van der Waals surface area contributed by atoms with Gasteiger partial charge in [-0.1, -0.05) is 20.8 Å². The summed E-state index contributed by atoms with van der Waals surface area (Å²) in [4.78, 5) is 0. The third-order valence-corrected chi connectivity index (χ3v) is 5.01. The molecule has 1 N–H and O–H groups in total. The summed E-state index contributed by atoms with van der Waals surface area (Å²) in [5, 5.41) is 20.1. The number of hydrogen-bond donors (Lipinski definition) is 1. The average molecular weight is 221 g/mol. The molecule has 2 rings (SSSR count). The van der Waals surface area contributed by atoms with Crippen molar-refractivity contribution < 1.29 is 5.11 Å². The first-order valence-corrected chi connectivity index (χ1v) is 6.56. The molecule has 0 aliphatic heterocycles. The minimum Gasteiger partial charge on any atom is -0.388 e. The van der Waals surface area contributed by atoms with Gasteiger partial charge in [-0.15, -0.1) is 0 Å². The first kappa shape index (κ1) is 11.9. The van der Waals surface area contributed by atoms with Gasteiger partial charge in [0.15, 0.2) is 0 Å². The van der Waals surface area contributed by atoms with Crippen molar-refractivity contribution in [1.29, 1.82) is 5.26 Å². The van der Waals surface area contributed by atoms with Crippen molar-refractivity contribution in [3.63, 3.8) is 0 Å². The molecular formula is C14H23NO. The van der Waals surface area contributed by atoms with Gasteiger partial charge in [0.05, 0.1) is 17.1 Å². The van der Waals surface area contributed by atoms with E-state index in [9.17, 15) is 10.4 Å². The fourth-order valence-corrected chi connectivity index (χ4v) is 3.59. The fraction of sp³-hybridized carbons (Fsp3) is 0.929. The van der Waals surface area contributed by atoms with Crippen molar-refractivity contribution in [3.05, 3.63) is 0 Å². The van der Waals surface area contributed by atoms with Crippen LogP contribution < -0.4 is 0 Å². The van der Waals surface area contributed by atoms with Gasteiger partial charge in [0.1, 0.15) is 0 Å². The highest BCUT2D eigenvalue weighted by molar-refractivity contribution is 5.19. The van der Waals surface area contributed by atoms with Gasteiger partial charge < -0.3 is 5.11 Å². The molecule has 2 unspecified atom stereocenters. The summed E-state index contributed by atoms with van der Waals surface area (Å²) in [5.41, 5.74) is -1.11. The summed E-state index contributed by atoms with van der Waals surface area (Å²) >= 11 is 0. The lowest BCUT2D eigenvalue weighted by Gasteiger charge is -2.53. The molecule has 0 radical (unpaired) electrons. The van der Waals surface area contributed by atoms with Crippen LogP contribution in [0.3, 0.4) is 0 Å². The van der Waals surface area contributed by atoms with E-state index in [-0.39, 0.29) is 0 Å². The minimum atomic E-state index is -0.679. The zero-order valence-corrected chi connectivity index (χ0v) is 10.7. The molecule has 0 heterocycles. The summed E-state index contributed by atoms with van der Waals surface area (Å²) < 4.78 is 0. The average Bonchev–Trinajstić information content (AvgIpc) is 2.56. The van der Waals surface area contributed by atoms with Gasteiger partial charge in [0.25, 0.3) is 0 Å². The third kappa shape index (κ3) is 1.57. The van der Waals surface area contributed by atoms with Crippen LogP contribution in [-0.4, -0.2) is 10.7 Å². The smallest absolute Gasteiger partial charge is 0.0863 e. The Morgan fingerprint density at radius 3 is 2.31 bits per heavy atom. The number of hydrogen-bond acceptors (Lipinski definition) is 2. The lowest BCUT2D eigenvalue weighted by Crippen LogP contribution is -2.56. The Morgan fingerprint density at radius 2 is 1.94 bits per heavy atom. The van der Waals surface area contributed by atoms with E-state index in [0.29, 0.717) is 17.8 Å². The number of nitrogens with zero attached hydrogens (tertiary/aromatic N) is 1. The minimum absolute atomic E-state index is 0.433. The van der Waals surface area contributed by atoms with Gasteiger partial charge in [-0.2, -0.15) is 5.26 Å². The van der Waals surface area contributed by atoms with Crippen LogP contribution in [0, 0.1) is 34.5 Å². The maximum absolute atomic E-state index is 10.7. The Kier molecular flexibility index (Phi) is 2.78. The molecule has 90 valence electrons. The van der Waals surface area contributed by atoms with E-state index in [0.717, 1.165) is 32.1 Å². The van der Waals surface area contributed by atoms with E-state index < -0.39 is 11.0 Å². The van der Waals surface area contributed by atoms with Crippen LogP contribution in [0.1, 0.15) is 52.9 Å². The molecule has 0 aromatic heterocycles. The molecular weight excluding hydrogens is 198 g/mol. The van der Waals surface area contributed by atoms with Crippen LogP contribution in [-0.2, 0) is 0 Å². The largest absolute Gasteiger partial charge is 0.388 e. The van der Waals surface area contributed by atoms with E-state index in [1.807, 2.05) is 0 Å². The third-order valence-electron chi connectivity index (χ3n) is 5.01. The summed E-state index contributed by atoms with van der Waals surface area (Å²) in [5.74, 6) is 1.85. The summed E-state index contributed by atoms with van der Waals surface area (Å²) in [6.45, 7) is 6.61. The second-order valence-electron chi connectivity index (χ2n) is 6.49. The normalized spacial score (nSPS) is 47.8. The molecule has 2 heteroatoms. The highest BCUT2D eigenvalue weighted by Gasteiger charge is 2.60. The molecule has 0 saturated heterocycles. The SMILES string of the molecule is CC1CCC(C#N)(C2(O)CC(C(C)C)C2)C1. The zero-order valence-electron chi connectivity index (χ0n) is 10.7. The number of aliphatic hydroxyl groups is 1. The zero-order chi connectivity index (χ0) is 12.0. The van der Waals surface area contributed by atoms with Crippen molar-refractivity contribution >= 4 is 0 Å². The maximum atomic E-state index is 10.7. The highest BCUT2D eigenvalue weighted by atomic mass is 16.3. The standard InChI is InChI=1S/C14H23NO/c1-10(2)12-7-14(16,8-12)13(9-15)5-4-11(3)6-13/h10-12,16H,4-8H2,1-3H3. The second kappa shape index (κ2) is 3.74. The lowest BCUT2D eigenvalue weighted by atomic mass is 9.54. The van der Waals surface area contributed by atoms with E-state index in [1.165, 1.54) is 0 Å². The van der Waals surface area contributed by atoms with Crippen LogP contribution in [0.4, 0.5) is 0 Å². The van der Waals surface area contributed by atoms with Gasteiger partial charge in [-0.3, -0.25) is 0 Å². The Hall–Kier alpha value is -0.550. The first-order valence-electron chi connectivity index (χ1n) is 6.56. The molecule has 2 fully saturated rings. The van der Waals surface area contributed by atoms with Gasteiger partial charge in [-0.05, 0) is 49.9 Å². The number of nitriles is 1. The highest BCUT2D eigenvalue weighted by Crippen LogP contribution is 2.59. The van der Waals surface area contributed by atoms with Crippen LogP contribution in [0.2, 0.25) is 0 Å². The predicted molar refractivity (Wildman–Crippen MR) is 63.6 cm³/mol. The van der Waals surface area contributed by atoms with Crippen molar-refractivity contribution in [3.8, 4) is 6.07 Å². The topological polar surface area (TPSA) is 44.0 Å². The molecule has 2 nitrogen and oxygen atoms in total. The van der Waals surface area contributed by atoms with Crippen LogP contribution in [0.15, 0.2) is 0 Å². The molecule has 0 amide bonds. The molecule has 2 saturated carbocycles. The van der Waals surface area contributed by atoms with Crippen molar-refractivity contribution in [2.24, 2.45) is 23.2 Å². The predicted octanol–water partition coefficient (Wildman–Crippen LogP) is 3.11. The molecule has 2 aliphatic carbocycles. The van der Waals surface area contributed by atoms with Crippen molar-refractivity contribution in [2.75, 3.05) is 0 Å². The molecule has 16 heavy (non-hydrogen) atoms. The van der Waals surface area contributed by atoms with Crippen molar-refractivity contribution in [2.45, 2.75) is 58.5 Å². The van der Waals surface area contributed by atoms with E-state index in [2.05, 4.69) is 26.8 Å². The van der Waals surface area contributed by atoms with Crippen molar-refractivity contribution in [1.82, 2.24) is 0 Å². The Morgan fingerprint density at radius 1 is 1.31 bits per heavy atom. The first-order chi connectivity index (χ1) is 7.42. The number of rotatable bonds is 2. The second-order valence-corrected chi connectivity index (χ2v) is 6.49. The molecule has 2 atom stereocenters. The van der Waals surface area contributed by atoms with Crippen LogP contribution in [0.25, 0.3) is 0 Å². The quantitative estimate of drug-likeness (QED) is 0.778. The molecule has 0 bridgehead atoms. The molecule has 2 aliphatic rings. The lowest BCUT2D eigenvalue weighted by molar-refractivity contribution is -0.154. The molecule has 0 spiro atoms. The van der Waals surface area contributed by atoms with E-state index in [4.69, 9.17) is 0 Å². The van der Waals surface area contributed by atoms with E-state index >= 15 is 0 Å². The van der Waals surface area contributed by atoms with Crippen LogP contribution >= 0.6 is 0 Å². The van der Waals surface area contributed by atoms with Gasteiger partial charge in [0, 0.05) is 0 Å². The summed E-state index contributed by atoms with van der Waals surface area (Å²) in [6.07, 6.45) is 4.56. The molecule has 0 aromatic rings. The Balaban J connectivity index is 2.10. The Labute approximate surface area is 98.7 Å². The fourth-order valence-electron chi connectivity index (χ4n) is 3.59. The van der Waals surface area contributed by atoms with Crippen LogP contribution in [0.5, 0.6) is 0 Å². The van der Waals surface area contributed by atoms with Gasteiger partial charge >= 0.3 is 0 Å². The summed E-state index contributed by atoms with van der Waals surface area (Å²) in [7, 11) is 0.